The summed E-state index contributed by atoms with van der Waals surface area (Å²) in [5.74, 6) is -0.503. The number of rotatable bonds is 40. The summed E-state index contributed by atoms with van der Waals surface area (Å²) in [6, 6.07) is 0. The van der Waals surface area contributed by atoms with Crippen LogP contribution in [0.1, 0.15) is 174 Å². The number of ether oxygens (including phenoxy) is 2. The molecule has 1 rings (SSSR count). The summed E-state index contributed by atoms with van der Waals surface area (Å²) in [5.41, 5.74) is 0. The first-order valence-electron chi connectivity index (χ1n) is 24.3. The minimum Gasteiger partial charge on any atom is -0.457 e. The van der Waals surface area contributed by atoms with Crippen molar-refractivity contribution in [3.63, 3.8) is 0 Å². The highest BCUT2D eigenvalue weighted by atomic mass is 31.2. The van der Waals surface area contributed by atoms with E-state index in [1.165, 1.54) is 64.2 Å². The lowest BCUT2D eigenvalue weighted by Crippen LogP contribution is -2.64. The van der Waals surface area contributed by atoms with E-state index in [0.29, 0.717) is 13.0 Å². The highest BCUT2D eigenvalue weighted by Crippen LogP contribution is 2.47. The minimum absolute atomic E-state index is 0.0890. The maximum absolute atomic E-state index is 12.8. The van der Waals surface area contributed by atoms with Crippen LogP contribution in [0, 0.1) is 0 Å². The van der Waals surface area contributed by atoms with Crippen LogP contribution in [0.25, 0.3) is 0 Å². The fraction of sp³-hybridized carbons (Fsp3) is 0.740. The van der Waals surface area contributed by atoms with E-state index in [9.17, 15) is 39.8 Å². The van der Waals surface area contributed by atoms with Crippen LogP contribution in [0.5, 0.6) is 0 Å². The van der Waals surface area contributed by atoms with Crippen molar-refractivity contribution in [2.45, 2.75) is 217 Å². The highest BCUT2D eigenvalue weighted by molar-refractivity contribution is 7.47. The molecule has 0 bridgehead atoms. The highest BCUT2D eigenvalue weighted by Gasteiger charge is 2.51. The van der Waals surface area contributed by atoms with Crippen LogP contribution in [0.3, 0.4) is 0 Å². The molecule has 63 heavy (non-hydrogen) atoms. The van der Waals surface area contributed by atoms with Crippen molar-refractivity contribution < 1.29 is 58.3 Å². The standard InChI is InChI=1S/C50H87O12P/c1-3-5-7-9-11-13-15-17-18-19-20-21-22-23-24-25-26-27-29-31-33-35-37-39-44(51)61-43(41-59-40-38-36-34-32-30-28-16-14-12-10-8-6-4-2)42-60-63(57,58)62-50-48(55)46(53)45(52)47(54)49(50)56/h5,7,11,13,17-18,20-21,23-24,26-27,43,45-50,52-56H,3-4,6,8-10,12,14-16,19,22,25,28-42H2,1-2H3,(H,57,58)/b7-5-,13-11-,18-17-,21-20-,24-23-,27-26-. The summed E-state index contributed by atoms with van der Waals surface area (Å²) in [6.07, 6.45) is 39.6. The average molecular weight is 911 g/mol. The third kappa shape index (κ3) is 32.2. The van der Waals surface area contributed by atoms with Crippen molar-refractivity contribution in [2.24, 2.45) is 0 Å². The van der Waals surface area contributed by atoms with Crippen LogP contribution < -0.4 is 0 Å². The molecule has 0 heterocycles. The number of aliphatic hydroxyl groups is 5. The smallest absolute Gasteiger partial charge is 0.457 e. The number of hydrogen-bond donors (Lipinski definition) is 6. The Bertz CT molecular complexity index is 1310. The zero-order valence-electron chi connectivity index (χ0n) is 38.8. The molecule has 364 valence electrons. The predicted molar refractivity (Wildman–Crippen MR) is 253 cm³/mol. The fourth-order valence-electron chi connectivity index (χ4n) is 7.01. The van der Waals surface area contributed by atoms with Crippen LogP contribution in [0.4, 0.5) is 0 Å². The van der Waals surface area contributed by atoms with E-state index < -0.39 is 63.1 Å². The first-order valence-corrected chi connectivity index (χ1v) is 25.8. The van der Waals surface area contributed by atoms with Gasteiger partial charge in [-0.05, 0) is 64.2 Å². The van der Waals surface area contributed by atoms with Gasteiger partial charge in [-0.1, -0.05) is 177 Å². The first-order chi connectivity index (χ1) is 30.5. The lowest BCUT2D eigenvalue weighted by Gasteiger charge is -2.41. The maximum Gasteiger partial charge on any atom is 0.472 e. The largest absolute Gasteiger partial charge is 0.472 e. The van der Waals surface area contributed by atoms with Crippen molar-refractivity contribution in [3.8, 4) is 0 Å². The third-order valence-corrected chi connectivity index (χ3v) is 11.8. The second-order valence-electron chi connectivity index (χ2n) is 16.6. The van der Waals surface area contributed by atoms with Gasteiger partial charge in [-0.3, -0.25) is 13.8 Å². The number of carbonyl (C=O) groups is 1. The molecule has 0 aromatic carbocycles. The van der Waals surface area contributed by atoms with Gasteiger partial charge < -0.3 is 39.9 Å². The Morgan fingerprint density at radius 1 is 0.524 bits per heavy atom. The van der Waals surface area contributed by atoms with Crippen LogP contribution in [-0.4, -0.2) is 98.9 Å². The molecule has 0 radical (unpaired) electrons. The Morgan fingerprint density at radius 2 is 0.937 bits per heavy atom. The Morgan fingerprint density at radius 3 is 1.43 bits per heavy atom. The number of carbonyl (C=O) groups excluding carboxylic acids is 1. The molecule has 0 saturated heterocycles. The van der Waals surface area contributed by atoms with E-state index in [-0.39, 0.29) is 13.0 Å². The normalized spacial score (nSPS) is 22.5. The molecule has 0 amide bonds. The first kappa shape index (κ1) is 58.8. The van der Waals surface area contributed by atoms with E-state index >= 15 is 0 Å². The van der Waals surface area contributed by atoms with Crippen molar-refractivity contribution in [1.29, 1.82) is 0 Å². The Hall–Kier alpha value is -2.22. The molecule has 0 aliphatic heterocycles. The number of hydrogen-bond acceptors (Lipinski definition) is 11. The summed E-state index contributed by atoms with van der Waals surface area (Å²) in [5, 5.41) is 50.2. The summed E-state index contributed by atoms with van der Waals surface area (Å²) in [4.78, 5) is 23.2. The molecular formula is C50H87O12P. The monoisotopic (exact) mass is 911 g/mol. The van der Waals surface area contributed by atoms with Gasteiger partial charge >= 0.3 is 13.8 Å². The number of allylic oxidation sites excluding steroid dienone is 12. The van der Waals surface area contributed by atoms with Gasteiger partial charge in [0.1, 0.15) is 42.7 Å². The van der Waals surface area contributed by atoms with E-state index in [0.717, 1.165) is 83.5 Å². The van der Waals surface area contributed by atoms with Crippen molar-refractivity contribution in [3.05, 3.63) is 72.9 Å². The number of phosphoric acid groups is 1. The van der Waals surface area contributed by atoms with E-state index in [1.807, 2.05) is 0 Å². The molecule has 0 aromatic heterocycles. The lowest BCUT2D eigenvalue weighted by atomic mass is 9.85. The van der Waals surface area contributed by atoms with Gasteiger partial charge in [0.05, 0.1) is 13.2 Å². The zero-order chi connectivity index (χ0) is 46.2. The number of phosphoric ester groups is 1. The Kier molecular flexibility index (Phi) is 37.4. The number of unbranched alkanes of at least 4 members (excludes halogenated alkanes) is 16. The third-order valence-electron chi connectivity index (χ3n) is 10.8. The molecule has 1 aliphatic carbocycles. The summed E-state index contributed by atoms with van der Waals surface area (Å²) < 4.78 is 34.2. The van der Waals surface area contributed by atoms with Crippen LogP contribution in [0.15, 0.2) is 72.9 Å². The van der Waals surface area contributed by atoms with Gasteiger partial charge in [-0.2, -0.15) is 0 Å². The number of aliphatic hydroxyl groups excluding tert-OH is 5. The molecule has 1 saturated carbocycles. The molecule has 6 N–H and O–H groups in total. The SMILES string of the molecule is CC/C=C\C/C=C\C/C=C\C/C=C\C/C=C\C/C=C\CCCCCCC(=O)OC(COCCCCCCCCCCCCCCC)COP(=O)(O)OC1C(O)C(O)C(O)C(O)C1O. The quantitative estimate of drug-likeness (QED) is 0.0148. The van der Waals surface area contributed by atoms with Crippen LogP contribution in [-0.2, 0) is 27.9 Å². The van der Waals surface area contributed by atoms with E-state index in [1.54, 1.807) is 0 Å². The molecular weight excluding hydrogens is 824 g/mol. The van der Waals surface area contributed by atoms with Crippen LogP contribution >= 0.6 is 7.82 Å². The Labute approximate surface area is 380 Å². The second kappa shape index (κ2) is 40.1. The van der Waals surface area contributed by atoms with Crippen LogP contribution in [0.2, 0.25) is 0 Å². The van der Waals surface area contributed by atoms with E-state index in [2.05, 4.69) is 86.8 Å². The van der Waals surface area contributed by atoms with Gasteiger partial charge in [0.25, 0.3) is 0 Å². The maximum atomic E-state index is 12.8. The zero-order valence-corrected chi connectivity index (χ0v) is 39.7. The molecule has 13 heteroatoms. The summed E-state index contributed by atoms with van der Waals surface area (Å²) in [7, 11) is -5.03. The van der Waals surface area contributed by atoms with Gasteiger partial charge in [0.2, 0.25) is 0 Å². The minimum atomic E-state index is -5.03. The summed E-state index contributed by atoms with van der Waals surface area (Å²) >= 11 is 0. The lowest BCUT2D eigenvalue weighted by molar-refractivity contribution is -0.220. The van der Waals surface area contributed by atoms with Gasteiger partial charge in [-0.25, -0.2) is 4.57 Å². The van der Waals surface area contributed by atoms with Crippen molar-refractivity contribution >= 4 is 13.8 Å². The molecule has 1 fully saturated rings. The fourth-order valence-corrected chi connectivity index (χ4v) is 7.98. The Balaban J connectivity index is 2.39. The molecule has 6 unspecified atom stereocenters. The molecule has 12 nitrogen and oxygen atoms in total. The van der Waals surface area contributed by atoms with Gasteiger partial charge in [-0.15, -0.1) is 0 Å². The molecule has 6 atom stereocenters. The van der Waals surface area contributed by atoms with Gasteiger partial charge in [0, 0.05) is 13.0 Å². The summed E-state index contributed by atoms with van der Waals surface area (Å²) in [6.45, 7) is 4.11. The predicted octanol–water partition coefficient (Wildman–Crippen LogP) is 10.4. The molecule has 0 spiro atoms. The number of esters is 1. The van der Waals surface area contributed by atoms with Crippen molar-refractivity contribution in [1.82, 2.24) is 0 Å². The van der Waals surface area contributed by atoms with Gasteiger partial charge in [0.15, 0.2) is 0 Å². The second-order valence-corrected chi connectivity index (χ2v) is 18.0. The van der Waals surface area contributed by atoms with Crippen molar-refractivity contribution in [2.75, 3.05) is 19.8 Å². The molecule has 1 aliphatic rings. The topological polar surface area (TPSA) is 192 Å². The molecule has 0 aromatic rings. The van der Waals surface area contributed by atoms with E-state index in [4.69, 9.17) is 18.5 Å². The average Bonchev–Trinajstić information content (AvgIpc) is 3.27.